The Labute approximate surface area is 157 Å². The van der Waals surface area contributed by atoms with Gasteiger partial charge in [-0.3, -0.25) is 0 Å². The minimum absolute atomic E-state index is 0.0186. The Morgan fingerprint density at radius 2 is 0.893 bits per heavy atom. The zero-order valence-electron chi connectivity index (χ0n) is 14.2. The molecule has 142 valence electrons. The van der Waals surface area contributed by atoms with Crippen molar-refractivity contribution in [3.63, 3.8) is 0 Å². The number of rotatable bonds is 4. The highest BCUT2D eigenvalue weighted by molar-refractivity contribution is 6.10. The Balaban J connectivity index is 0.000000209. The first-order chi connectivity index (χ1) is 13.2. The average Bonchev–Trinajstić information content (AvgIpc) is 2.67. The van der Waals surface area contributed by atoms with Crippen molar-refractivity contribution in [1.29, 1.82) is 0 Å². The van der Waals surface area contributed by atoms with Crippen molar-refractivity contribution in [1.82, 2.24) is 0 Å². The second-order valence-corrected chi connectivity index (χ2v) is 5.51. The van der Waals surface area contributed by atoms with Gasteiger partial charge in [0.2, 0.25) is 0 Å². The maximum absolute atomic E-state index is 10.9. The van der Waals surface area contributed by atoms with Crippen LogP contribution in [0.15, 0.2) is 60.7 Å². The van der Waals surface area contributed by atoms with Crippen molar-refractivity contribution in [3.05, 3.63) is 82.9 Å². The first-order valence-corrected chi connectivity index (χ1v) is 7.77. The summed E-state index contributed by atoms with van der Waals surface area (Å²) >= 11 is 0. The maximum Gasteiger partial charge on any atom is 0.336 e. The second-order valence-electron chi connectivity index (χ2n) is 5.51. The van der Waals surface area contributed by atoms with E-state index in [1.54, 1.807) is 24.3 Å². The van der Waals surface area contributed by atoms with Crippen molar-refractivity contribution in [2.45, 2.75) is 0 Å². The van der Waals surface area contributed by atoms with Crippen LogP contribution in [0.25, 0.3) is 10.8 Å². The fourth-order valence-corrected chi connectivity index (χ4v) is 2.46. The number of benzene rings is 3. The van der Waals surface area contributed by atoms with Crippen LogP contribution in [0.2, 0.25) is 0 Å². The first-order valence-electron chi connectivity index (χ1n) is 7.77. The Bertz CT molecular complexity index is 1000. The molecule has 4 N–H and O–H groups in total. The molecule has 0 aromatic heterocycles. The van der Waals surface area contributed by atoms with E-state index in [1.807, 2.05) is 0 Å². The summed E-state index contributed by atoms with van der Waals surface area (Å²) in [5.41, 5.74) is 0.186. The van der Waals surface area contributed by atoms with E-state index in [0.717, 1.165) is 6.07 Å². The number of aromatic carboxylic acids is 4. The van der Waals surface area contributed by atoms with E-state index in [2.05, 4.69) is 0 Å². The number of carboxylic acids is 4. The molecule has 0 atom stereocenters. The van der Waals surface area contributed by atoms with Gasteiger partial charge in [-0.15, -0.1) is 0 Å². The van der Waals surface area contributed by atoms with E-state index in [9.17, 15) is 19.2 Å². The van der Waals surface area contributed by atoms with Crippen LogP contribution in [-0.4, -0.2) is 44.3 Å². The number of hydrogen-bond acceptors (Lipinski definition) is 4. The number of fused-ring (bicyclic) bond motifs is 1. The summed E-state index contributed by atoms with van der Waals surface area (Å²) in [6.07, 6.45) is 0. The van der Waals surface area contributed by atoms with Gasteiger partial charge in [-0.05, 0) is 41.1 Å². The molecule has 0 unspecified atom stereocenters. The second kappa shape index (κ2) is 8.45. The predicted molar refractivity (Wildman–Crippen MR) is 98.2 cm³/mol. The maximum atomic E-state index is 10.9. The van der Waals surface area contributed by atoms with Crippen LogP contribution in [0.1, 0.15) is 41.4 Å². The molecule has 0 radical (unpaired) electrons. The van der Waals surface area contributed by atoms with Crippen LogP contribution in [-0.2, 0) is 0 Å². The van der Waals surface area contributed by atoms with Gasteiger partial charge in [-0.2, -0.15) is 0 Å². The lowest BCUT2D eigenvalue weighted by Crippen LogP contribution is -2.02. The lowest BCUT2D eigenvalue weighted by Gasteiger charge is -2.05. The summed E-state index contributed by atoms with van der Waals surface area (Å²) in [4.78, 5) is 42.7. The fourth-order valence-electron chi connectivity index (χ4n) is 2.46. The predicted octanol–water partition coefficient (Wildman–Crippen LogP) is 3.32. The zero-order valence-corrected chi connectivity index (χ0v) is 14.2. The molecule has 3 aromatic carbocycles. The minimum Gasteiger partial charge on any atom is -0.478 e. The molecule has 0 aliphatic heterocycles. The van der Waals surface area contributed by atoms with Crippen LogP contribution in [0.3, 0.4) is 0 Å². The molecule has 0 saturated heterocycles. The normalized spacial score (nSPS) is 9.86. The van der Waals surface area contributed by atoms with Crippen LogP contribution < -0.4 is 0 Å². The molecule has 0 aliphatic rings. The van der Waals surface area contributed by atoms with E-state index in [4.69, 9.17) is 20.4 Å². The third kappa shape index (κ3) is 4.50. The van der Waals surface area contributed by atoms with Gasteiger partial charge in [0.15, 0.2) is 0 Å². The third-order valence-corrected chi connectivity index (χ3v) is 3.74. The lowest BCUT2D eigenvalue weighted by atomic mass is 10.00. The summed E-state index contributed by atoms with van der Waals surface area (Å²) in [5.74, 6) is -4.38. The third-order valence-electron chi connectivity index (χ3n) is 3.74. The molecule has 3 aromatic rings. The van der Waals surface area contributed by atoms with E-state index < -0.39 is 23.9 Å². The van der Waals surface area contributed by atoms with Crippen LogP contribution in [0.4, 0.5) is 0 Å². The Kier molecular flexibility index (Phi) is 6.07. The monoisotopic (exact) mass is 382 g/mol. The molecule has 8 nitrogen and oxygen atoms in total. The van der Waals surface area contributed by atoms with Gasteiger partial charge in [0.25, 0.3) is 0 Å². The summed E-state index contributed by atoms with van der Waals surface area (Å²) in [5, 5.41) is 35.8. The van der Waals surface area contributed by atoms with Gasteiger partial charge in [0.1, 0.15) is 0 Å². The molecule has 28 heavy (non-hydrogen) atoms. The molecule has 0 saturated carbocycles. The smallest absolute Gasteiger partial charge is 0.336 e. The Hall–Kier alpha value is -4.20. The fraction of sp³-hybridized carbons (Fsp3) is 0. The molecule has 0 amide bonds. The largest absolute Gasteiger partial charge is 0.478 e. The van der Waals surface area contributed by atoms with Gasteiger partial charge in [-0.25, -0.2) is 19.2 Å². The first kappa shape index (κ1) is 20.1. The van der Waals surface area contributed by atoms with Crippen molar-refractivity contribution < 1.29 is 39.6 Å². The van der Waals surface area contributed by atoms with Crippen LogP contribution >= 0.6 is 0 Å². The average molecular weight is 382 g/mol. The summed E-state index contributed by atoms with van der Waals surface area (Å²) in [6, 6.07) is 14.4. The van der Waals surface area contributed by atoms with Crippen LogP contribution in [0, 0.1) is 0 Å². The van der Waals surface area contributed by atoms with E-state index in [0.29, 0.717) is 10.8 Å². The SMILES string of the molecule is O=C(O)c1ccc(C(=O)O)c2ccccc12.O=C(O)c1cccc(C(=O)O)c1. The van der Waals surface area contributed by atoms with Crippen LogP contribution in [0.5, 0.6) is 0 Å². The highest BCUT2D eigenvalue weighted by atomic mass is 16.4. The van der Waals surface area contributed by atoms with Crippen molar-refractivity contribution in [2.24, 2.45) is 0 Å². The van der Waals surface area contributed by atoms with Gasteiger partial charge in [-0.1, -0.05) is 30.3 Å². The van der Waals surface area contributed by atoms with Gasteiger partial charge in [0.05, 0.1) is 22.3 Å². The van der Waals surface area contributed by atoms with Gasteiger partial charge < -0.3 is 20.4 Å². The quantitative estimate of drug-likeness (QED) is 0.537. The molecule has 3 rings (SSSR count). The summed E-state index contributed by atoms with van der Waals surface area (Å²) in [6.45, 7) is 0. The minimum atomic E-state index is -1.13. The Morgan fingerprint density at radius 3 is 1.21 bits per heavy atom. The number of carboxylic acid groups (broad SMARTS) is 4. The molecular weight excluding hydrogens is 368 g/mol. The number of hydrogen-bond donors (Lipinski definition) is 4. The Morgan fingerprint density at radius 1 is 0.500 bits per heavy atom. The standard InChI is InChI=1S/C12H8O4.C8H6O4/c13-11(14)9-5-6-10(12(15)16)8-4-2-1-3-7(8)9;9-7(10)5-2-1-3-6(4-5)8(11)12/h1-6H,(H,13,14)(H,15,16);1-4H,(H,9,10)(H,11,12). The summed E-state index contributed by atoms with van der Waals surface area (Å²) in [7, 11) is 0. The molecule has 0 aliphatic carbocycles. The molecule has 8 heteroatoms. The molecule has 0 spiro atoms. The molecule has 0 heterocycles. The molecular formula is C20H14O8. The van der Waals surface area contributed by atoms with E-state index in [1.165, 1.54) is 30.3 Å². The zero-order chi connectivity index (χ0) is 20.8. The number of carbonyl (C=O) groups is 4. The van der Waals surface area contributed by atoms with Gasteiger partial charge in [0, 0.05) is 0 Å². The van der Waals surface area contributed by atoms with E-state index >= 15 is 0 Å². The molecule has 0 bridgehead atoms. The van der Waals surface area contributed by atoms with Crippen molar-refractivity contribution >= 4 is 34.6 Å². The van der Waals surface area contributed by atoms with Gasteiger partial charge >= 0.3 is 23.9 Å². The molecule has 0 fully saturated rings. The highest BCUT2D eigenvalue weighted by Crippen LogP contribution is 2.22. The van der Waals surface area contributed by atoms with E-state index in [-0.39, 0.29) is 22.3 Å². The van der Waals surface area contributed by atoms with Crippen molar-refractivity contribution in [3.8, 4) is 0 Å². The topological polar surface area (TPSA) is 149 Å². The summed E-state index contributed by atoms with van der Waals surface area (Å²) < 4.78 is 0. The van der Waals surface area contributed by atoms with Crippen molar-refractivity contribution in [2.75, 3.05) is 0 Å². The lowest BCUT2D eigenvalue weighted by molar-refractivity contribution is 0.0682. The highest BCUT2D eigenvalue weighted by Gasteiger charge is 2.14.